The van der Waals surface area contributed by atoms with Crippen molar-refractivity contribution in [1.29, 1.82) is 0 Å². The molecular formula is C24H26Cl2N4O3. The van der Waals surface area contributed by atoms with Crippen LogP contribution in [0, 0.1) is 0 Å². The third kappa shape index (κ3) is 5.42. The first-order valence-electron chi connectivity index (χ1n) is 11.0. The van der Waals surface area contributed by atoms with Crippen LogP contribution in [0.15, 0.2) is 53.3 Å². The molecule has 0 N–H and O–H groups in total. The minimum absolute atomic E-state index is 0.0859. The van der Waals surface area contributed by atoms with Crippen LogP contribution in [0.4, 0.5) is 0 Å². The predicted octanol–water partition coefficient (Wildman–Crippen LogP) is 4.20. The lowest BCUT2D eigenvalue weighted by Gasteiger charge is -2.31. The molecule has 1 saturated heterocycles. The van der Waals surface area contributed by atoms with Gasteiger partial charge in [0.25, 0.3) is 5.91 Å². The third-order valence-corrected chi connectivity index (χ3v) is 6.43. The van der Waals surface area contributed by atoms with E-state index in [2.05, 4.69) is 5.10 Å². The van der Waals surface area contributed by atoms with Crippen molar-refractivity contribution in [3.63, 3.8) is 0 Å². The van der Waals surface area contributed by atoms with Gasteiger partial charge < -0.3 is 9.64 Å². The fourth-order valence-electron chi connectivity index (χ4n) is 4.13. The van der Waals surface area contributed by atoms with Crippen molar-refractivity contribution >= 4 is 29.1 Å². The molecule has 0 saturated carbocycles. The lowest BCUT2D eigenvalue weighted by molar-refractivity contribution is -0.134. The summed E-state index contributed by atoms with van der Waals surface area (Å²) in [6.07, 6.45) is 1.49. The van der Waals surface area contributed by atoms with Crippen molar-refractivity contribution in [3.8, 4) is 5.75 Å². The molecule has 4 rings (SSSR count). The molecule has 1 aromatic heterocycles. The third-order valence-electron chi connectivity index (χ3n) is 5.90. The van der Waals surface area contributed by atoms with Gasteiger partial charge >= 0.3 is 5.69 Å². The van der Waals surface area contributed by atoms with E-state index in [9.17, 15) is 9.59 Å². The lowest BCUT2D eigenvalue weighted by atomic mass is 9.96. The predicted molar refractivity (Wildman–Crippen MR) is 128 cm³/mol. The monoisotopic (exact) mass is 488 g/mol. The topological polar surface area (TPSA) is 69.4 Å². The quantitative estimate of drug-likeness (QED) is 0.499. The van der Waals surface area contributed by atoms with Crippen molar-refractivity contribution in [1.82, 2.24) is 19.2 Å². The first kappa shape index (κ1) is 23.4. The normalized spacial score (nSPS) is 14.5. The summed E-state index contributed by atoms with van der Waals surface area (Å²) in [6, 6.07) is 14.7. The van der Waals surface area contributed by atoms with Gasteiger partial charge in [-0.15, -0.1) is 0 Å². The van der Waals surface area contributed by atoms with Gasteiger partial charge in [0.15, 0.2) is 6.61 Å². The van der Waals surface area contributed by atoms with E-state index in [1.807, 2.05) is 37.3 Å². The summed E-state index contributed by atoms with van der Waals surface area (Å²) >= 11 is 12.0. The highest BCUT2D eigenvalue weighted by molar-refractivity contribution is 6.35. The van der Waals surface area contributed by atoms with Crippen molar-refractivity contribution in [2.75, 3.05) is 19.7 Å². The molecule has 0 radical (unpaired) electrons. The van der Waals surface area contributed by atoms with E-state index >= 15 is 0 Å². The summed E-state index contributed by atoms with van der Waals surface area (Å²) in [5.74, 6) is 1.27. The van der Waals surface area contributed by atoms with Crippen molar-refractivity contribution < 1.29 is 9.53 Å². The SMILES string of the molecule is CCn1c(C2CCN(C(=O)COc3ccc(Cl)cc3Cl)CC2)nn(Cc2ccccc2)c1=O. The number of ether oxygens (including phenoxy) is 1. The summed E-state index contributed by atoms with van der Waals surface area (Å²) in [5, 5.41) is 5.56. The number of carbonyl (C=O) groups excluding carboxylic acids is 1. The Kier molecular flexibility index (Phi) is 7.40. The number of hydrogen-bond donors (Lipinski definition) is 0. The number of carbonyl (C=O) groups is 1. The maximum absolute atomic E-state index is 12.9. The van der Waals surface area contributed by atoms with Crippen LogP contribution in [0.25, 0.3) is 0 Å². The molecule has 7 nitrogen and oxygen atoms in total. The molecule has 1 aliphatic heterocycles. The fraction of sp³-hybridized carbons (Fsp3) is 0.375. The molecule has 2 heterocycles. The molecule has 33 heavy (non-hydrogen) atoms. The molecule has 0 unspecified atom stereocenters. The Morgan fingerprint density at radius 3 is 2.52 bits per heavy atom. The number of piperidine rings is 1. The second kappa shape index (κ2) is 10.4. The fourth-order valence-corrected chi connectivity index (χ4v) is 4.59. The van der Waals surface area contributed by atoms with Crippen LogP contribution in [0.5, 0.6) is 5.75 Å². The zero-order valence-corrected chi connectivity index (χ0v) is 19.9. The van der Waals surface area contributed by atoms with E-state index in [-0.39, 0.29) is 24.1 Å². The number of nitrogens with zero attached hydrogens (tertiary/aromatic N) is 4. The second-order valence-corrected chi connectivity index (χ2v) is 8.89. The number of hydrogen-bond acceptors (Lipinski definition) is 4. The van der Waals surface area contributed by atoms with E-state index in [0.29, 0.717) is 42.0 Å². The molecule has 1 aliphatic rings. The summed E-state index contributed by atoms with van der Waals surface area (Å²) in [7, 11) is 0. The standard InChI is InChI=1S/C24H26Cl2N4O3/c1-2-29-23(27-30(24(29)32)15-17-6-4-3-5-7-17)18-10-12-28(13-11-18)22(31)16-33-21-9-8-19(25)14-20(21)26/h3-9,14,18H,2,10-13,15-16H2,1H3. The van der Waals surface area contributed by atoms with Crippen LogP contribution in [0.2, 0.25) is 10.0 Å². The maximum atomic E-state index is 12.9. The molecule has 3 aromatic rings. The average molecular weight is 489 g/mol. The van der Waals surface area contributed by atoms with Gasteiger partial charge in [-0.3, -0.25) is 9.36 Å². The molecular weight excluding hydrogens is 463 g/mol. The van der Waals surface area contributed by atoms with Gasteiger partial charge in [-0.05, 0) is 43.5 Å². The molecule has 0 spiro atoms. The van der Waals surface area contributed by atoms with E-state index in [0.717, 1.165) is 24.2 Å². The summed E-state index contributed by atoms with van der Waals surface area (Å²) in [6.45, 7) is 4.06. The Bertz CT molecular complexity index is 1170. The zero-order chi connectivity index (χ0) is 23.4. The zero-order valence-electron chi connectivity index (χ0n) is 18.4. The highest BCUT2D eigenvalue weighted by Gasteiger charge is 2.28. The first-order chi connectivity index (χ1) is 16.0. The molecule has 0 bridgehead atoms. The van der Waals surface area contributed by atoms with Crippen LogP contribution in [-0.4, -0.2) is 44.9 Å². The number of aromatic nitrogens is 3. The molecule has 174 valence electrons. The lowest BCUT2D eigenvalue weighted by Crippen LogP contribution is -2.41. The van der Waals surface area contributed by atoms with Gasteiger partial charge in [-0.1, -0.05) is 53.5 Å². The minimum Gasteiger partial charge on any atom is -0.482 e. The second-order valence-electron chi connectivity index (χ2n) is 8.05. The van der Waals surface area contributed by atoms with Gasteiger partial charge in [0.05, 0.1) is 11.6 Å². The van der Waals surface area contributed by atoms with E-state index < -0.39 is 0 Å². The van der Waals surface area contributed by atoms with Gasteiger partial charge in [0.2, 0.25) is 0 Å². The number of rotatable bonds is 7. The Balaban J connectivity index is 1.37. The van der Waals surface area contributed by atoms with Crippen LogP contribution in [0.1, 0.15) is 37.1 Å². The van der Waals surface area contributed by atoms with E-state index in [1.54, 1.807) is 27.7 Å². The number of likely N-dealkylation sites (tertiary alicyclic amines) is 1. The molecule has 2 aromatic carbocycles. The van der Waals surface area contributed by atoms with Crippen LogP contribution >= 0.6 is 23.2 Å². The van der Waals surface area contributed by atoms with Crippen LogP contribution < -0.4 is 10.4 Å². The Morgan fingerprint density at radius 2 is 1.85 bits per heavy atom. The van der Waals surface area contributed by atoms with Crippen molar-refractivity contribution in [2.24, 2.45) is 0 Å². The van der Waals surface area contributed by atoms with Crippen molar-refractivity contribution in [2.45, 2.75) is 38.8 Å². The number of benzene rings is 2. The smallest absolute Gasteiger partial charge is 0.346 e. The van der Waals surface area contributed by atoms with E-state index in [4.69, 9.17) is 27.9 Å². The Hall–Kier alpha value is -2.77. The molecule has 1 fully saturated rings. The molecule has 9 heteroatoms. The molecule has 0 aliphatic carbocycles. The molecule has 0 atom stereocenters. The summed E-state index contributed by atoms with van der Waals surface area (Å²) in [4.78, 5) is 27.3. The number of amides is 1. The number of halogens is 2. The van der Waals surface area contributed by atoms with Crippen molar-refractivity contribution in [3.05, 3.63) is 80.4 Å². The average Bonchev–Trinajstić information content (AvgIpc) is 3.14. The largest absolute Gasteiger partial charge is 0.482 e. The minimum atomic E-state index is -0.0954. The van der Waals surface area contributed by atoms with Gasteiger partial charge in [-0.25, -0.2) is 9.48 Å². The first-order valence-corrected chi connectivity index (χ1v) is 11.8. The summed E-state index contributed by atoms with van der Waals surface area (Å²) < 4.78 is 8.87. The Labute approximate surface area is 202 Å². The van der Waals surface area contributed by atoms with Gasteiger partial charge in [-0.2, -0.15) is 5.10 Å². The van der Waals surface area contributed by atoms with Crippen LogP contribution in [0.3, 0.4) is 0 Å². The van der Waals surface area contributed by atoms with Gasteiger partial charge in [0, 0.05) is 30.6 Å². The Morgan fingerprint density at radius 1 is 1.12 bits per heavy atom. The van der Waals surface area contributed by atoms with Gasteiger partial charge in [0.1, 0.15) is 11.6 Å². The molecule has 1 amide bonds. The van der Waals surface area contributed by atoms with Crippen LogP contribution in [-0.2, 0) is 17.9 Å². The summed E-state index contributed by atoms with van der Waals surface area (Å²) in [5.41, 5.74) is 0.941. The van der Waals surface area contributed by atoms with E-state index in [1.165, 1.54) is 4.68 Å². The maximum Gasteiger partial charge on any atom is 0.346 e. The highest BCUT2D eigenvalue weighted by atomic mass is 35.5. The highest BCUT2D eigenvalue weighted by Crippen LogP contribution is 2.29.